The summed E-state index contributed by atoms with van der Waals surface area (Å²) in [5, 5.41) is 14.4. The number of nitro benzene ring substituents is 1. The molecule has 0 saturated carbocycles. The van der Waals surface area contributed by atoms with Crippen LogP contribution in [0.4, 0.5) is 24.5 Å². The average molecular weight is 432 g/mol. The number of hydrogen-bond donors (Lipinski definition) is 1. The van der Waals surface area contributed by atoms with Crippen LogP contribution in [0.5, 0.6) is 0 Å². The highest BCUT2D eigenvalue weighted by Crippen LogP contribution is 2.37. The fourth-order valence-corrected chi connectivity index (χ4v) is 2.82. The molecular formula is C21H15F3N2O5. The van der Waals surface area contributed by atoms with Crippen LogP contribution in [0.25, 0.3) is 10.8 Å². The molecule has 3 aromatic rings. The summed E-state index contributed by atoms with van der Waals surface area (Å²) in [5.41, 5.74) is -2.68. The Balaban J connectivity index is 1.75. The third-order valence-corrected chi connectivity index (χ3v) is 4.42. The molecule has 10 heteroatoms. The van der Waals surface area contributed by atoms with Gasteiger partial charge in [-0.1, -0.05) is 30.3 Å². The van der Waals surface area contributed by atoms with E-state index >= 15 is 0 Å². The van der Waals surface area contributed by atoms with Crippen molar-refractivity contribution in [2.75, 3.05) is 5.32 Å². The van der Waals surface area contributed by atoms with Crippen LogP contribution < -0.4 is 5.32 Å². The maximum Gasteiger partial charge on any atom is 0.418 e. The lowest BCUT2D eigenvalue weighted by Gasteiger charge is -2.17. The van der Waals surface area contributed by atoms with E-state index < -0.39 is 46.0 Å². The van der Waals surface area contributed by atoms with Gasteiger partial charge in [0, 0.05) is 12.1 Å². The Morgan fingerprint density at radius 1 is 1.03 bits per heavy atom. The van der Waals surface area contributed by atoms with E-state index in [2.05, 4.69) is 0 Å². The number of rotatable bonds is 5. The summed E-state index contributed by atoms with van der Waals surface area (Å²) in [6, 6.07) is 14.0. The van der Waals surface area contributed by atoms with Crippen LogP contribution >= 0.6 is 0 Å². The van der Waals surface area contributed by atoms with Crippen molar-refractivity contribution in [3.05, 3.63) is 81.9 Å². The third-order valence-electron chi connectivity index (χ3n) is 4.42. The van der Waals surface area contributed by atoms with E-state index in [0.717, 1.165) is 22.9 Å². The molecule has 0 aliphatic heterocycles. The number of carbonyl (C=O) groups is 2. The molecule has 0 fully saturated rings. The number of fused-ring (bicyclic) bond motifs is 1. The zero-order valence-electron chi connectivity index (χ0n) is 16.0. The standard InChI is InChI=1S/C21H15F3N2O5/c1-12(31-20(28)15-7-6-13-4-2-3-5-14(13)10-15)19(27)25-18-9-8-16(26(29)30)11-17(18)21(22,23)24/h2-12H,1H3,(H,25,27). The first-order valence-corrected chi connectivity index (χ1v) is 8.92. The molecule has 0 spiro atoms. The molecule has 160 valence electrons. The quantitative estimate of drug-likeness (QED) is 0.349. The molecular weight excluding hydrogens is 417 g/mol. The van der Waals surface area contributed by atoms with Crippen LogP contribution in [-0.2, 0) is 15.7 Å². The number of ether oxygens (including phenoxy) is 1. The van der Waals surface area contributed by atoms with Gasteiger partial charge in [-0.2, -0.15) is 13.2 Å². The molecule has 0 radical (unpaired) electrons. The fraction of sp³-hybridized carbons (Fsp3) is 0.143. The molecule has 1 N–H and O–H groups in total. The largest absolute Gasteiger partial charge is 0.449 e. The highest BCUT2D eigenvalue weighted by atomic mass is 19.4. The molecule has 0 heterocycles. The Kier molecular flexibility index (Phi) is 5.91. The van der Waals surface area contributed by atoms with Crippen LogP contribution in [0.15, 0.2) is 60.7 Å². The van der Waals surface area contributed by atoms with E-state index in [4.69, 9.17) is 4.74 Å². The first-order chi connectivity index (χ1) is 14.6. The van der Waals surface area contributed by atoms with Crippen molar-refractivity contribution in [3.8, 4) is 0 Å². The molecule has 0 aliphatic carbocycles. The van der Waals surface area contributed by atoms with Gasteiger partial charge in [0.05, 0.1) is 21.7 Å². The van der Waals surface area contributed by atoms with Crippen molar-refractivity contribution in [3.63, 3.8) is 0 Å². The van der Waals surface area contributed by atoms with E-state index in [0.29, 0.717) is 6.07 Å². The zero-order valence-corrected chi connectivity index (χ0v) is 16.0. The Hall–Kier alpha value is -3.95. The highest BCUT2D eigenvalue weighted by Gasteiger charge is 2.36. The topological polar surface area (TPSA) is 98.5 Å². The highest BCUT2D eigenvalue weighted by molar-refractivity contribution is 5.99. The number of esters is 1. The monoisotopic (exact) mass is 432 g/mol. The minimum absolute atomic E-state index is 0.171. The molecule has 0 bridgehead atoms. The molecule has 1 amide bonds. The third kappa shape index (κ3) is 4.97. The smallest absolute Gasteiger partial charge is 0.418 e. The molecule has 7 nitrogen and oxygen atoms in total. The van der Waals surface area contributed by atoms with Gasteiger partial charge in [-0.15, -0.1) is 0 Å². The number of hydrogen-bond acceptors (Lipinski definition) is 5. The van der Waals surface area contributed by atoms with Gasteiger partial charge in [0.2, 0.25) is 0 Å². The predicted molar refractivity (Wildman–Crippen MR) is 106 cm³/mol. The molecule has 0 saturated heterocycles. The van der Waals surface area contributed by atoms with Gasteiger partial charge in [-0.3, -0.25) is 14.9 Å². The van der Waals surface area contributed by atoms with Crippen LogP contribution in [-0.4, -0.2) is 22.9 Å². The number of nitro groups is 1. The van der Waals surface area contributed by atoms with E-state index in [1.54, 1.807) is 24.3 Å². The molecule has 0 aromatic heterocycles. The summed E-state index contributed by atoms with van der Waals surface area (Å²) in [6.45, 7) is 1.20. The summed E-state index contributed by atoms with van der Waals surface area (Å²) in [5.74, 6) is -1.85. The lowest BCUT2D eigenvalue weighted by Crippen LogP contribution is -2.30. The maximum atomic E-state index is 13.2. The van der Waals surface area contributed by atoms with Gasteiger partial charge in [0.25, 0.3) is 11.6 Å². The van der Waals surface area contributed by atoms with Crippen molar-refractivity contribution in [2.45, 2.75) is 19.2 Å². The Morgan fingerprint density at radius 3 is 2.35 bits per heavy atom. The van der Waals surface area contributed by atoms with Gasteiger partial charge >= 0.3 is 12.1 Å². The van der Waals surface area contributed by atoms with Gasteiger partial charge in [0.15, 0.2) is 6.10 Å². The van der Waals surface area contributed by atoms with Crippen molar-refractivity contribution in [1.29, 1.82) is 0 Å². The van der Waals surface area contributed by atoms with Crippen LogP contribution in [0.1, 0.15) is 22.8 Å². The zero-order chi connectivity index (χ0) is 22.8. The molecule has 1 atom stereocenters. The number of non-ortho nitro benzene ring substituents is 1. The van der Waals surface area contributed by atoms with Gasteiger partial charge in [0.1, 0.15) is 0 Å². The predicted octanol–water partition coefficient (Wildman–Crippen LogP) is 4.95. The summed E-state index contributed by atoms with van der Waals surface area (Å²) < 4.78 is 44.8. The van der Waals surface area contributed by atoms with E-state index in [1.165, 1.54) is 13.0 Å². The van der Waals surface area contributed by atoms with Crippen LogP contribution in [0, 0.1) is 10.1 Å². The number of nitrogens with one attached hydrogen (secondary N) is 1. The van der Waals surface area contributed by atoms with Crippen molar-refractivity contribution in [2.24, 2.45) is 0 Å². The molecule has 0 aliphatic rings. The second kappa shape index (κ2) is 8.42. The number of nitrogens with zero attached hydrogens (tertiary/aromatic N) is 1. The Morgan fingerprint density at radius 2 is 1.71 bits per heavy atom. The fourth-order valence-electron chi connectivity index (χ4n) is 2.82. The number of benzene rings is 3. The van der Waals surface area contributed by atoms with Gasteiger partial charge in [-0.25, -0.2) is 4.79 Å². The summed E-state index contributed by atoms with van der Waals surface area (Å²) in [7, 11) is 0. The van der Waals surface area contributed by atoms with E-state index in [1.807, 2.05) is 17.4 Å². The normalized spacial score (nSPS) is 12.3. The second-order valence-electron chi connectivity index (χ2n) is 6.58. The van der Waals surface area contributed by atoms with Crippen molar-refractivity contribution < 1.29 is 32.4 Å². The number of anilines is 1. The Bertz CT molecular complexity index is 1180. The summed E-state index contributed by atoms with van der Waals surface area (Å²) >= 11 is 0. The number of halogens is 3. The number of amides is 1. The average Bonchev–Trinajstić information content (AvgIpc) is 2.72. The number of carbonyl (C=O) groups excluding carboxylic acids is 2. The van der Waals surface area contributed by atoms with Crippen molar-refractivity contribution >= 4 is 34.0 Å². The van der Waals surface area contributed by atoms with Crippen LogP contribution in [0.3, 0.4) is 0 Å². The molecule has 3 rings (SSSR count). The van der Waals surface area contributed by atoms with E-state index in [-0.39, 0.29) is 5.56 Å². The van der Waals surface area contributed by atoms with Gasteiger partial charge < -0.3 is 10.1 Å². The van der Waals surface area contributed by atoms with Crippen molar-refractivity contribution in [1.82, 2.24) is 0 Å². The lowest BCUT2D eigenvalue weighted by atomic mass is 10.1. The SMILES string of the molecule is CC(OC(=O)c1ccc2ccccc2c1)C(=O)Nc1ccc([N+](=O)[O-])cc1C(F)(F)F. The lowest BCUT2D eigenvalue weighted by molar-refractivity contribution is -0.385. The van der Waals surface area contributed by atoms with E-state index in [9.17, 15) is 32.9 Å². The second-order valence-corrected chi connectivity index (χ2v) is 6.58. The minimum atomic E-state index is -4.94. The summed E-state index contributed by atoms with van der Waals surface area (Å²) in [6.07, 6.45) is -6.37. The number of alkyl halides is 3. The Labute approximate surface area is 173 Å². The summed E-state index contributed by atoms with van der Waals surface area (Å²) in [4.78, 5) is 34.4. The first kappa shape index (κ1) is 21.8. The first-order valence-electron chi connectivity index (χ1n) is 8.92. The van der Waals surface area contributed by atoms with Gasteiger partial charge in [-0.05, 0) is 35.9 Å². The minimum Gasteiger partial charge on any atom is -0.449 e. The van der Waals surface area contributed by atoms with Crippen LogP contribution in [0.2, 0.25) is 0 Å². The molecule has 3 aromatic carbocycles. The molecule has 1 unspecified atom stereocenters. The maximum absolute atomic E-state index is 13.2. The molecule has 31 heavy (non-hydrogen) atoms.